The number of carbonyl (C=O) groups is 1. The number of hydrogen-bond donors (Lipinski definition) is 0. The summed E-state index contributed by atoms with van der Waals surface area (Å²) in [6, 6.07) is 27.0. The third-order valence-corrected chi connectivity index (χ3v) is 10.9. The Hall–Kier alpha value is -4.95. The molecule has 14 heteroatoms. The predicted molar refractivity (Wildman–Crippen MR) is 208 cm³/mol. The second-order valence-corrected chi connectivity index (χ2v) is 15.0. The molecule has 0 saturated heterocycles. The number of fused-ring (bicyclic) bond motifs is 1. The first-order chi connectivity index (χ1) is 26.7. The average Bonchev–Trinajstić information content (AvgIpc) is 3.60. The molecule has 0 saturated carbocycles. The number of nitrogens with zero attached hydrogens (tertiary/aromatic N) is 4. The van der Waals surface area contributed by atoms with Crippen molar-refractivity contribution in [1.82, 2.24) is 19.3 Å². The molecule has 55 heavy (non-hydrogen) atoms. The molecule has 12 nitrogen and oxygen atoms in total. The van der Waals surface area contributed by atoms with Crippen LogP contribution in [-0.2, 0) is 59.8 Å². The summed E-state index contributed by atoms with van der Waals surface area (Å²) >= 11 is 6.82. The molecule has 0 N–H and O–H groups in total. The zero-order valence-corrected chi connectivity index (χ0v) is 32.7. The minimum atomic E-state index is -4.23. The molecule has 1 aliphatic heterocycles. The van der Waals surface area contributed by atoms with Gasteiger partial charge in [-0.1, -0.05) is 89.6 Å². The van der Waals surface area contributed by atoms with E-state index in [9.17, 15) is 13.2 Å². The molecule has 5 aromatic rings. The quantitative estimate of drug-likeness (QED) is 0.0646. The Bertz CT molecular complexity index is 2210. The molecule has 0 spiro atoms. The number of halogens is 1. The summed E-state index contributed by atoms with van der Waals surface area (Å²) in [6.07, 6.45) is 3.31. The lowest BCUT2D eigenvalue weighted by atomic mass is 9.84. The number of esters is 1. The van der Waals surface area contributed by atoms with Crippen molar-refractivity contribution in [2.24, 2.45) is 0 Å². The summed E-state index contributed by atoms with van der Waals surface area (Å²) in [7, 11) is -2.77. The van der Waals surface area contributed by atoms with E-state index >= 15 is 0 Å². The fraction of sp³-hybridized carbons (Fsp3) is 0.341. The molecule has 1 atom stereocenters. The average molecular weight is 789 g/mol. The molecule has 4 aromatic carbocycles. The normalized spacial score (nSPS) is 14.6. The molecular weight excluding hydrogens is 744 g/mol. The predicted octanol–water partition coefficient (Wildman–Crippen LogP) is 7.62. The molecule has 0 aliphatic carbocycles. The number of aromatic nitrogens is 3. The minimum Gasteiger partial charge on any atom is -0.495 e. The number of hydrogen-bond acceptors (Lipinski definition) is 10. The fourth-order valence-electron chi connectivity index (χ4n) is 6.57. The van der Waals surface area contributed by atoms with Crippen LogP contribution in [0.2, 0.25) is 5.02 Å². The van der Waals surface area contributed by atoms with Gasteiger partial charge in [0.25, 0.3) is 5.95 Å². The lowest BCUT2D eigenvalue weighted by Crippen LogP contribution is -2.36. The van der Waals surface area contributed by atoms with Crippen LogP contribution >= 0.6 is 11.6 Å². The van der Waals surface area contributed by atoms with Gasteiger partial charge in [-0.25, -0.2) is 4.68 Å². The maximum atomic E-state index is 13.3. The molecule has 1 aromatic heterocycles. The molecule has 290 valence electrons. The van der Waals surface area contributed by atoms with Crippen molar-refractivity contribution in [3.63, 3.8) is 0 Å². The van der Waals surface area contributed by atoms with Crippen LogP contribution in [0.4, 0.5) is 0 Å². The van der Waals surface area contributed by atoms with Gasteiger partial charge in [0.05, 0.1) is 37.3 Å². The minimum absolute atomic E-state index is 0.00411. The van der Waals surface area contributed by atoms with Crippen LogP contribution in [0.25, 0.3) is 11.0 Å². The zero-order valence-electron chi connectivity index (χ0n) is 31.1. The Labute approximate surface area is 326 Å². The van der Waals surface area contributed by atoms with Gasteiger partial charge in [0.1, 0.15) is 17.9 Å². The summed E-state index contributed by atoms with van der Waals surface area (Å²) in [5.41, 5.74) is 6.49. The van der Waals surface area contributed by atoms with Crippen LogP contribution in [0.1, 0.15) is 65.5 Å². The first-order valence-electron chi connectivity index (χ1n) is 18.2. The topological polar surface area (TPSA) is 131 Å². The molecular formula is C41H45ClN4O8S. The monoisotopic (exact) mass is 788 g/mol. The Balaban J connectivity index is 1.21. The summed E-state index contributed by atoms with van der Waals surface area (Å²) in [6.45, 7) is 5.87. The molecule has 0 bridgehead atoms. The smallest absolute Gasteiger partial charge is 0.388 e. The fourth-order valence-corrected chi connectivity index (χ4v) is 7.88. The van der Waals surface area contributed by atoms with Crippen molar-refractivity contribution < 1.29 is 36.3 Å². The summed E-state index contributed by atoms with van der Waals surface area (Å²) in [5, 5.41) is 9.25. The summed E-state index contributed by atoms with van der Waals surface area (Å²) in [4.78, 5) is 13.1. The van der Waals surface area contributed by atoms with E-state index in [1.54, 1.807) is 19.1 Å². The highest BCUT2D eigenvalue weighted by Gasteiger charge is 2.32. The summed E-state index contributed by atoms with van der Waals surface area (Å²) < 4.78 is 57.5. The van der Waals surface area contributed by atoms with Crippen LogP contribution in [0.3, 0.4) is 0 Å². The SMILES string of the molecule is CCOC(=O)CC(c1cc(Cl)c(OC)c(CN2CC=C(OCc3ccccc3)OS2(=O)=O)c1)c1ccc2c(nnn2CCCCOCc2ccccc2)c1C. The third kappa shape index (κ3) is 10.0. The van der Waals surface area contributed by atoms with Crippen LogP contribution in [0.15, 0.2) is 97.0 Å². The molecule has 2 heterocycles. The summed E-state index contributed by atoms with van der Waals surface area (Å²) in [5.74, 6) is -0.682. The van der Waals surface area contributed by atoms with Gasteiger partial charge in [-0.3, -0.25) is 4.79 Å². The lowest BCUT2D eigenvalue weighted by molar-refractivity contribution is -0.143. The van der Waals surface area contributed by atoms with E-state index in [0.29, 0.717) is 36.6 Å². The number of aryl methyl sites for hydroxylation is 2. The van der Waals surface area contributed by atoms with Gasteiger partial charge in [0.15, 0.2) is 0 Å². The largest absolute Gasteiger partial charge is 0.495 e. The highest BCUT2D eigenvalue weighted by Crippen LogP contribution is 2.40. The van der Waals surface area contributed by atoms with Gasteiger partial charge >= 0.3 is 16.3 Å². The first-order valence-corrected chi connectivity index (χ1v) is 19.9. The standard InChI is InChI=1S/C41H45ClN4O8S/c1-4-52-38(47)25-35(34-17-18-37-40(29(34)2)43-44-46(37)20-11-12-22-51-27-30-13-7-5-8-14-30)32-23-33(41(50-3)36(42)24-32)26-45-21-19-39(54-55(45,48)49)53-28-31-15-9-6-10-16-31/h5-10,13-19,23-24,35H,4,11-12,20-22,25-28H2,1-3H3. The molecule has 0 amide bonds. The van der Waals surface area contributed by atoms with E-state index in [-0.39, 0.29) is 49.7 Å². The second-order valence-electron chi connectivity index (χ2n) is 13.1. The van der Waals surface area contributed by atoms with Crippen molar-refractivity contribution >= 4 is 38.9 Å². The van der Waals surface area contributed by atoms with E-state index in [1.807, 2.05) is 90.5 Å². The van der Waals surface area contributed by atoms with E-state index in [4.69, 9.17) is 34.7 Å². The van der Waals surface area contributed by atoms with Gasteiger partial charge in [-0.15, -0.1) is 5.10 Å². The van der Waals surface area contributed by atoms with Crippen LogP contribution in [0.5, 0.6) is 5.75 Å². The van der Waals surface area contributed by atoms with E-state index < -0.39 is 16.2 Å². The van der Waals surface area contributed by atoms with Crippen molar-refractivity contribution in [1.29, 1.82) is 0 Å². The third-order valence-electron chi connectivity index (χ3n) is 9.34. The molecule has 1 unspecified atom stereocenters. The molecule has 0 fully saturated rings. The molecule has 1 aliphatic rings. The number of ether oxygens (including phenoxy) is 4. The Morgan fingerprint density at radius 2 is 1.71 bits per heavy atom. The van der Waals surface area contributed by atoms with E-state index in [0.717, 1.165) is 50.4 Å². The molecule has 6 rings (SSSR count). The van der Waals surface area contributed by atoms with Crippen molar-refractivity contribution in [2.45, 2.75) is 65.3 Å². The van der Waals surface area contributed by atoms with Crippen molar-refractivity contribution in [3.8, 4) is 5.75 Å². The van der Waals surface area contributed by atoms with Crippen molar-refractivity contribution in [2.75, 3.05) is 26.9 Å². The van der Waals surface area contributed by atoms with Crippen LogP contribution in [-0.4, -0.2) is 60.6 Å². The van der Waals surface area contributed by atoms with Crippen LogP contribution < -0.4 is 4.74 Å². The van der Waals surface area contributed by atoms with Crippen molar-refractivity contribution in [3.05, 3.63) is 135 Å². The number of unbranched alkanes of at least 4 members (excludes halogenated alkanes) is 1. The van der Waals surface area contributed by atoms with Gasteiger partial charge < -0.3 is 23.1 Å². The lowest BCUT2D eigenvalue weighted by Gasteiger charge is -2.27. The Kier molecular flexibility index (Phi) is 13.4. The van der Waals surface area contributed by atoms with E-state index in [2.05, 4.69) is 10.3 Å². The van der Waals surface area contributed by atoms with Gasteiger partial charge in [-0.2, -0.15) is 12.7 Å². The first kappa shape index (κ1) is 39.7. The number of rotatable bonds is 18. The highest BCUT2D eigenvalue weighted by atomic mass is 35.5. The number of benzene rings is 4. The highest BCUT2D eigenvalue weighted by molar-refractivity contribution is 7.84. The maximum absolute atomic E-state index is 13.3. The second kappa shape index (κ2) is 18.6. The van der Waals surface area contributed by atoms with Gasteiger partial charge in [-0.05, 0) is 66.6 Å². The van der Waals surface area contributed by atoms with Crippen LogP contribution in [0, 0.1) is 6.92 Å². The maximum Gasteiger partial charge on any atom is 0.388 e. The van der Waals surface area contributed by atoms with E-state index in [1.165, 1.54) is 7.11 Å². The molecule has 0 radical (unpaired) electrons. The van der Waals surface area contributed by atoms with Gasteiger partial charge in [0.2, 0.25) is 0 Å². The Morgan fingerprint density at radius 1 is 0.982 bits per heavy atom. The number of carbonyl (C=O) groups excluding carboxylic acids is 1. The number of methoxy groups -OCH3 is 1. The van der Waals surface area contributed by atoms with Gasteiger partial charge in [0, 0.05) is 43.8 Å². The Morgan fingerprint density at radius 3 is 2.40 bits per heavy atom. The zero-order chi connectivity index (χ0) is 38.8.